The molecule has 5 nitrogen and oxygen atoms in total. The SMILES string of the molecule is CCCCC(F)(F)[C@H](O)/C=C/[C@@H]1[C@H]2C(F)[C@@H](/C=C/CCC(=O)O)O[C@@H]2C[C@H]1O. The lowest BCUT2D eigenvalue weighted by Gasteiger charge is -2.22. The van der Waals surface area contributed by atoms with Crippen molar-refractivity contribution in [3.63, 3.8) is 0 Å². The minimum Gasteiger partial charge on any atom is -0.481 e. The summed E-state index contributed by atoms with van der Waals surface area (Å²) in [7, 11) is 0. The molecule has 0 spiro atoms. The van der Waals surface area contributed by atoms with Crippen LogP contribution in [0.25, 0.3) is 0 Å². The number of allylic oxidation sites excluding steroid dienone is 1. The molecule has 1 heterocycles. The van der Waals surface area contributed by atoms with Crippen LogP contribution in [-0.2, 0) is 9.53 Å². The van der Waals surface area contributed by atoms with Gasteiger partial charge in [-0.2, -0.15) is 0 Å². The van der Waals surface area contributed by atoms with Gasteiger partial charge in [-0.3, -0.25) is 4.79 Å². The molecule has 0 aromatic carbocycles. The van der Waals surface area contributed by atoms with Crippen molar-refractivity contribution in [3.8, 4) is 0 Å². The summed E-state index contributed by atoms with van der Waals surface area (Å²) in [6, 6.07) is 0. The normalized spacial score (nSPS) is 34.4. The number of carboxylic acids is 1. The van der Waals surface area contributed by atoms with E-state index in [1.54, 1.807) is 13.0 Å². The molecule has 0 aromatic rings. The van der Waals surface area contributed by atoms with E-state index in [2.05, 4.69) is 0 Å². The Bertz CT molecular complexity index is 580. The minimum atomic E-state index is -3.27. The Balaban J connectivity index is 1.99. The fraction of sp³-hybridized carbons (Fsp3) is 0.750. The van der Waals surface area contributed by atoms with Gasteiger partial charge in [0.1, 0.15) is 18.4 Å². The van der Waals surface area contributed by atoms with Gasteiger partial charge >= 0.3 is 5.97 Å². The zero-order valence-electron chi connectivity index (χ0n) is 15.9. The van der Waals surface area contributed by atoms with Crippen LogP contribution < -0.4 is 0 Å². The van der Waals surface area contributed by atoms with Gasteiger partial charge in [0.2, 0.25) is 0 Å². The van der Waals surface area contributed by atoms with E-state index in [-0.39, 0.29) is 25.7 Å². The average molecular weight is 406 g/mol. The fourth-order valence-electron chi connectivity index (χ4n) is 3.90. The van der Waals surface area contributed by atoms with Crippen LogP contribution in [0.1, 0.15) is 45.4 Å². The maximum Gasteiger partial charge on any atom is 0.303 e. The van der Waals surface area contributed by atoms with Gasteiger partial charge in [-0.25, -0.2) is 13.2 Å². The Morgan fingerprint density at radius 3 is 2.71 bits per heavy atom. The van der Waals surface area contributed by atoms with E-state index in [4.69, 9.17) is 9.84 Å². The van der Waals surface area contributed by atoms with Crippen LogP contribution in [-0.4, -0.2) is 57.8 Å². The molecule has 28 heavy (non-hydrogen) atoms. The molecule has 1 saturated heterocycles. The summed E-state index contributed by atoms with van der Waals surface area (Å²) in [4.78, 5) is 10.5. The lowest BCUT2D eigenvalue weighted by atomic mass is 9.88. The second-order valence-corrected chi connectivity index (χ2v) is 7.60. The maximum absolute atomic E-state index is 14.8. The lowest BCUT2D eigenvalue weighted by Crippen LogP contribution is -2.33. The number of aliphatic hydroxyl groups is 2. The first-order valence-corrected chi connectivity index (χ1v) is 9.77. The molecular weight excluding hydrogens is 377 g/mol. The number of carboxylic acid groups (broad SMARTS) is 1. The molecule has 7 atom stereocenters. The highest BCUT2D eigenvalue weighted by Gasteiger charge is 2.54. The van der Waals surface area contributed by atoms with Crippen molar-refractivity contribution in [3.05, 3.63) is 24.3 Å². The van der Waals surface area contributed by atoms with E-state index in [1.807, 2.05) is 0 Å². The van der Waals surface area contributed by atoms with Gasteiger partial charge < -0.3 is 20.1 Å². The number of unbranched alkanes of at least 4 members (excludes halogenated alkanes) is 1. The molecule has 1 saturated carbocycles. The molecule has 2 fully saturated rings. The average Bonchev–Trinajstić information content (AvgIpc) is 3.09. The molecule has 2 aliphatic rings. The molecular formula is C20H29F3O5. The summed E-state index contributed by atoms with van der Waals surface area (Å²) in [6.07, 6.45) is 0.280. The highest BCUT2D eigenvalue weighted by atomic mass is 19.3. The van der Waals surface area contributed by atoms with E-state index in [0.29, 0.717) is 6.42 Å². The largest absolute Gasteiger partial charge is 0.481 e. The molecule has 160 valence electrons. The molecule has 1 aliphatic carbocycles. The summed E-state index contributed by atoms with van der Waals surface area (Å²) in [5.41, 5.74) is 0. The molecule has 0 bridgehead atoms. The number of aliphatic carboxylic acids is 1. The third-order valence-corrected chi connectivity index (χ3v) is 5.47. The van der Waals surface area contributed by atoms with Crippen molar-refractivity contribution >= 4 is 5.97 Å². The molecule has 0 aromatic heterocycles. The Hall–Kier alpha value is -1.38. The van der Waals surface area contributed by atoms with Gasteiger partial charge in [-0.15, -0.1) is 0 Å². The summed E-state index contributed by atoms with van der Waals surface area (Å²) < 4.78 is 48.2. The predicted molar refractivity (Wildman–Crippen MR) is 96.8 cm³/mol. The van der Waals surface area contributed by atoms with Crippen LogP contribution in [0.15, 0.2) is 24.3 Å². The molecule has 8 heteroatoms. The molecule has 0 amide bonds. The number of rotatable bonds is 10. The zero-order valence-corrected chi connectivity index (χ0v) is 15.9. The van der Waals surface area contributed by atoms with E-state index in [0.717, 1.165) is 6.08 Å². The predicted octanol–water partition coefficient (Wildman–Crippen LogP) is 3.25. The maximum atomic E-state index is 14.8. The fourth-order valence-corrected chi connectivity index (χ4v) is 3.90. The molecule has 3 N–H and O–H groups in total. The first-order chi connectivity index (χ1) is 13.2. The number of ether oxygens (including phenoxy) is 1. The number of aliphatic hydroxyl groups excluding tert-OH is 2. The molecule has 2 rings (SSSR count). The van der Waals surface area contributed by atoms with E-state index in [1.165, 1.54) is 12.2 Å². The second kappa shape index (κ2) is 9.89. The number of halogens is 3. The standard InChI is InChI=1S/C20H29F3O5/c1-2-3-10-20(22,23)16(25)9-8-12-13(24)11-15-18(12)19(21)14(28-15)6-4-5-7-17(26)27/h4,6,8-9,12-16,18-19,24-25H,2-3,5,7,10-11H2,1H3,(H,26,27)/b6-4+,9-8+/t12-,13+,14+,15+,16+,18+,19?/m0/s1. The smallest absolute Gasteiger partial charge is 0.303 e. The Morgan fingerprint density at radius 2 is 2.07 bits per heavy atom. The minimum absolute atomic E-state index is 0.0682. The van der Waals surface area contributed by atoms with Crippen molar-refractivity contribution in [2.75, 3.05) is 0 Å². The van der Waals surface area contributed by atoms with Crippen LogP contribution in [0.2, 0.25) is 0 Å². The summed E-state index contributed by atoms with van der Waals surface area (Å²) in [5.74, 6) is -5.65. The van der Waals surface area contributed by atoms with Gasteiger partial charge in [0.15, 0.2) is 0 Å². The lowest BCUT2D eigenvalue weighted by molar-refractivity contribution is -0.136. The topological polar surface area (TPSA) is 87.0 Å². The molecule has 1 aliphatic heterocycles. The Kier molecular flexibility index (Phi) is 8.09. The van der Waals surface area contributed by atoms with Crippen LogP contribution in [0, 0.1) is 11.8 Å². The van der Waals surface area contributed by atoms with Crippen LogP contribution >= 0.6 is 0 Å². The van der Waals surface area contributed by atoms with Crippen molar-refractivity contribution < 1.29 is 38.0 Å². The highest BCUT2D eigenvalue weighted by Crippen LogP contribution is 2.46. The Morgan fingerprint density at radius 1 is 1.36 bits per heavy atom. The summed E-state index contributed by atoms with van der Waals surface area (Å²) in [6.45, 7) is 1.78. The van der Waals surface area contributed by atoms with Gasteiger partial charge in [0.05, 0.1) is 12.2 Å². The number of fused-ring (bicyclic) bond motifs is 1. The van der Waals surface area contributed by atoms with Crippen molar-refractivity contribution in [1.82, 2.24) is 0 Å². The van der Waals surface area contributed by atoms with Gasteiger partial charge in [-0.1, -0.05) is 37.6 Å². The Labute approximate surface area is 162 Å². The monoisotopic (exact) mass is 406 g/mol. The summed E-state index contributed by atoms with van der Waals surface area (Å²) in [5, 5.41) is 28.6. The number of hydrogen-bond donors (Lipinski definition) is 3. The van der Waals surface area contributed by atoms with Crippen molar-refractivity contribution in [2.24, 2.45) is 11.8 Å². The highest BCUT2D eigenvalue weighted by molar-refractivity contribution is 5.66. The zero-order chi connectivity index (χ0) is 20.9. The number of hydrogen-bond acceptors (Lipinski definition) is 4. The van der Waals surface area contributed by atoms with E-state index in [9.17, 15) is 28.2 Å². The third-order valence-electron chi connectivity index (χ3n) is 5.47. The number of carbonyl (C=O) groups is 1. The summed E-state index contributed by atoms with van der Waals surface area (Å²) >= 11 is 0. The quantitative estimate of drug-likeness (QED) is 0.485. The van der Waals surface area contributed by atoms with E-state index < -0.39 is 60.7 Å². The first kappa shape index (κ1) is 22.9. The van der Waals surface area contributed by atoms with Gasteiger partial charge in [0, 0.05) is 31.1 Å². The second-order valence-electron chi connectivity index (χ2n) is 7.60. The van der Waals surface area contributed by atoms with Crippen LogP contribution in [0.3, 0.4) is 0 Å². The van der Waals surface area contributed by atoms with Crippen LogP contribution in [0.5, 0.6) is 0 Å². The van der Waals surface area contributed by atoms with E-state index >= 15 is 0 Å². The van der Waals surface area contributed by atoms with Gasteiger partial charge in [-0.05, 0) is 12.8 Å². The van der Waals surface area contributed by atoms with Gasteiger partial charge in [0.25, 0.3) is 5.92 Å². The van der Waals surface area contributed by atoms with Crippen LogP contribution in [0.4, 0.5) is 13.2 Å². The number of alkyl halides is 3. The van der Waals surface area contributed by atoms with Crippen molar-refractivity contribution in [1.29, 1.82) is 0 Å². The molecule has 0 radical (unpaired) electrons. The first-order valence-electron chi connectivity index (χ1n) is 9.77. The van der Waals surface area contributed by atoms with Crippen molar-refractivity contribution in [2.45, 2.75) is 82.0 Å². The molecule has 1 unspecified atom stereocenters. The third kappa shape index (κ3) is 5.58.